The highest BCUT2D eigenvalue weighted by atomic mass is 127. The van der Waals surface area contributed by atoms with Crippen LogP contribution in [0.3, 0.4) is 0 Å². The molecule has 0 saturated carbocycles. The minimum atomic E-state index is -3.27. The zero-order valence-corrected chi connectivity index (χ0v) is 18.3. The third-order valence-corrected chi connectivity index (χ3v) is 4.69. The highest BCUT2D eigenvalue weighted by molar-refractivity contribution is 14.0. The molecule has 8 heteroatoms. The summed E-state index contributed by atoms with van der Waals surface area (Å²) in [5, 5.41) is 3.38. The minimum Gasteiger partial charge on any atom is -0.343 e. The smallest absolute Gasteiger partial charge is 0.209 e. The molecule has 0 amide bonds. The van der Waals surface area contributed by atoms with Gasteiger partial charge in [-0.05, 0) is 45.2 Å². The van der Waals surface area contributed by atoms with E-state index >= 15 is 0 Å². The molecule has 1 heterocycles. The molecular formula is C17H29IN4O2S. The number of nitrogens with zero attached hydrogens (tertiary/aromatic N) is 2. The van der Waals surface area contributed by atoms with E-state index in [2.05, 4.69) is 14.9 Å². The van der Waals surface area contributed by atoms with Gasteiger partial charge in [-0.2, -0.15) is 0 Å². The number of nitrogens with one attached hydrogen (secondary N) is 2. The van der Waals surface area contributed by atoms with Gasteiger partial charge in [-0.1, -0.05) is 18.2 Å². The lowest BCUT2D eigenvalue weighted by molar-refractivity contribution is 0.339. The summed E-state index contributed by atoms with van der Waals surface area (Å²) in [6, 6.07) is 9.93. The Morgan fingerprint density at radius 2 is 1.76 bits per heavy atom. The van der Waals surface area contributed by atoms with Crippen LogP contribution >= 0.6 is 24.0 Å². The topological polar surface area (TPSA) is 73.8 Å². The fourth-order valence-corrected chi connectivity index (χ4v) is 3.85. The molecule has 0 aromatic heterocycles. The second-order valence-electron chi connectivity index (χ2n) is 6.94. The summed E-state index contributed by atoms with van der Waals surface area (Å²) < 4.78 is 25.6. The second-order valence-corrected chi connectivity index (χ2v) is 8.69. The van der Waals surface area contributed by atoms with Gasteiger partial charge in [0.15, 0.2) is 5.96 Å². The predicted octanol–water partition coefficient (Wildman–Crippen LogP) is 2.89. The fourth-order valence-electron chi connectivity index (χ4n) is 2.78. The summed E-state index contributed by atoms with van der Waals surface area (Å²) in [4.78, 5) is 6.95. The Morgan fingerprint density at radius 3 is 2.32 bits per heavy atom. The molecule has 1 aliphatic heterocycles. The second kappa shape index (κ2) is 9.72. The van der Waals surface area contributed by atoms with E-state index in [-0.39, 0.29) is 24.0 Å². The summed E-state index contributed by atoms with van der Waals surface area (Å²) in [5.74, 6) is 0.810. The molecular weight excluding hydrogens is 451 g/mol. The lowest BCUT2D eigenvalue weighted by atomic mass is 10.1. The van der Waals surface area contributed by atoms with Crippen molar-refractivity contribution in [2.75, 3.05) is 31.2 Å². The molecule has 0 radical (unpaired) electrons. The number of halogens is 1. The van der Waals surface area contributed by atoms with Crippen LogP contribution in [-0.4, -0.2) is 50.7 Å². The monoisotopic (exact) mass is 480 g/mol. The van der Waals surface area contributed by atoms with E-state index in [0.29, 0.717) is 6.54 Å². The molecule has 0 bridgehead atoms. The lowest BCUT2D eigenvalue weighted by Crippen LogP contribution is -2.47. The number of benzene rings is 1. The highest BCUT2D eigenvalue weighted by Crippen LogP contribution is 2.14. The van der Waals surface area contributed by atoms with Gasteiger partial charge >= 0.3 is 0 Å². The molecule has 25 heavy (non-hydrogen) atoms. The van der Waals surface area contributed by atoms with Gasteiger partial charge in [0.05, 0.1) is 12.8 Å². The standard InChI is InChI=1S/C17H28N4O2S.HI/c1-17(2,20-24(3,22)23)14-18-16(21-12-8-5-9-13-21)19-15-10-6-4-7-11-15;/h4,6-7,10-11,20H,5,8-9,12-14H2,1-3H3,(H,18,19);1H. The van der Waals surface area contributed by atoms with Crippen LogP contribution < -0.4 is 10.0 Å². The zero-order chi connectivity index (χ0) is 17.6. The van der Waals surface area contributed by atoms with E-state index in [4.69, 9.17) is 4.99 Å². The first kappa shape index (κ1) is 22.2. The minimum absolute atomic E-state index is 0. The summed E-state index contributed by atoms with van der Waals surface area (Å²) >= 11 is 0. The van der Waals surface area contributed by atoms with E-state index in [1.807, 2.05) is 44.2 Å². The van der Waals surface area contributed by atoms with Crippen molar-refractivity contribution in [1.29, 1.82) is 0 Å². The maximum atomic E-state index is 11.5. The lowest BCUT2D eigenvalue weighted by Gasteiger charge is -2.31. The van der Waals surface area contributed by atoms with Crippen LogP contribution in [0, 0.1) is 0 Å². The van der Waals surface area contributed by atoms with Crippen molar-refractivity contribution in [2.24, 2.45) is 4.99 Å². The van der Waals surface area contributed by atoms with Crippen LogP contribution in [0.1, 0.15) is 33.1 Å². The van der Waals surface area contributed by atoms with Crippen LogP contribution in [0.2, 0.25) is 0 Å². The number of hydrogen-bond acceptors (Lipinski definition) is 3. The summed E-state index contributed by atoms with van der Waals surface area (Å²) in [6.45, 7) is 5.99. The number of anilines is 1. The fraction of sp³-hybridized carbons (Fsp3) is 0.588. The van der Waals surface area contributed by atoms with Crippen molar-refractivity contribution in [1.82, 2.24) is 9.62 Å². The average molecular weight is 480 g/mol. The van der Waals surface area contributed by atoms with Crippen molar-refractivity contribution in [3.05, 3.63) is 30.3 Å². The molecule has 142 valence electrons. The molecule has 0 spiro atoms. The van der Waals surface area contributed by atoms with Gasteiger partial charge in [-0.25, -0.2) is 13.1 Å². The van der Waals surface area contributed by atoms with Crippen molar-refractivity contribution in [3.63, 3.8) is 0 Å². The van der Waals surface area contributed by atoms with E-state index in [9.17, 15) is 8.42 Å². The molecule has 1 aliphatic rings. The maximum Gasteiger partial charge on any atom is 0.209 e. The molecule has 2 N–H and O–H groups in total. The van der Waals surface area contributed by atoms with Gasteiger partial charge < -0.3 is 10.2 Å². The number of para-hydroxylation sites is 1. The molecule has 6 nitrogen and oxygen atoms in total. The molecule has 2 rings (SSSR count). The third kappa shape index (κ3) is 8.37. The van der Waals surface area contributed by atoms with Crippen molar-refractivity contribution in [2.45, 2.75) is 38.6 Å². The quantitative estimate of drug-likeness (QED) is 0.386. The van der Waals surface area contributed by atoms with Crippen molar-refractivity contribution in [3.8, 4) is 0 Å². The molecule has 0 atom stereocenters. The van der Waals surface area contributed by atoms with E-state index in [1.165, 1.54) is 12.7 Å². The van der Waals surface area contributed by atoms with Gasteiger partial charge in [-0.15, -0.1) is 24.0 Å². The first-order chi connectivity index (χ1) is 11.3. The Labute approximate surface area is 168 Å². The van der Waals surface area contributed by atoms with Crippen LogP contribution in [-0.2, 0) is 10.0 Å². The Hall–Kier alpha value is -0.870. The first-order valence-corrected chi connectivity index (χ1v) is 10.2. The van der Waals surface area contributed by atoms with Gasteiger partial charge in [0.2, 0.25) is 10.0 Å². The van der Waals surface area contributed by atoms with Crippen molar-refractivity contribution < 1.29 is 8.42 Å². The van der Waals surface area contributed by atoms with Gasteiger partial charge in [0, 0.05) is 24.3 Å². The van der Waals surface area contributed by atoms with Crippen LogP contribution in [0.25, 0.3) is 0 Å². The Balaban J connectivity index is 0.00000312. The van der Waals surface area contributed by atoms with Crippen LogP contribution in [0.15, 0.2) is 35.3 Å². The number of piperidine rings is 1. The number of sulfonamides is 1. The highest BCUT2D eigenvalue weighted by Gasteiger charge is 2.23. The Morgan fingerprint density at radius 1 is 1.16 bits per heavy atom. The molecule has 1 fully saturated rings. The van der Waals surface area contributed by atoms with Crippen LogP contribution in [0.4, 0.5) is 5.69 Å². The number of hydrogen-bond donors (Lipinski definition) is 2. The average Bonchev–Trinajstić information content (AvgIpc) is 2.51. The van der Waals surface area contributed by atoms with Gasteiger partial charge in [0.1, 0.15) is 0 Å². The predicted molar refractivity (Wildman–Crippen MR) is 115 cm³/mol. The Kier molecular flexibility index (Phi) is 8.62. The number of likely N-dealkylation sites (tertiary alicyclic amines) is 1. The number of guanidine groups is 1. The largest absolute Gasteiger partial charge is 0.343 e. The first-order valence-electron chi connectivity index (χ1n) is 8.36. The van der Waals surface area contributed by atoms with Gasteiger partial charge in [-0.3, -0.25) is 4.99 Å². The molecule has 0 aliphatic carbocycles. The van der Waals surface area contributed by atoms with Crippen molar-refractivity contribution >= 4 is 45.6 Å². The SMILES string of the molecule is CC(C)(CN=C(Nc1ccccc1)N1CCCCC1)NS(C)(=O)=O.I. The van der Waals surface area contributed by atoms with E-state index < -0.39 is 15.6 Å². The van der Waals surface area contributed by atoms with Crippen LogP contribution in [0.5, 0.6) is 0 Å². The molecule has 1 saturated heterocycles. The summed E-state index contributed by atoms with van der Waals surface area (Å²) in [7, 11) is -3.27. The molecule has 1 aromatic carbocycles. The summed E-state index contributed by atoms with van der Waals surface area (Å²) in [5.41, 5.74) is 0.350. The Bertz CT molecular complexity index is 656. The number of aliphatic imine (C=N–C) groups is 1. The van der Waals surface area contributed by atoms with E-state index in [0.717, 1.165) is 37.6 Å². The third-order valence-electron chi connectivity index (χ3n) is 3.77. The van der Waals surface area contributed by atoms with Gasteiger partial charge in [0.25, 0.3) is 0 Å². The maximum absolute atomic E-state index is 11.5. The molecule has 1 aromatic rings. The number of rotatable bonds is 5. The normalized spacial score (nSPS) is 16.3. The summed E-state index contributed by atoms with van der Waals surface area (Å²) in [6.07, 6.45) is 4.73. The zero-order valence-electron chi connectivity index (χ0n) is 15.2. The van der Waals surface area contributed by atoms with E-state index in [1.54, 1.807) is 0 Å². The molecule has 0 unspecified atom stereocenters.